The summed E-state index contributed by atoms with van der Waals surface area (Å²) < 4.78 is 4.99. The van der Waals surface area contributed by atoms with E-state index in [1.807, 2.05) is 26.0 Å². The molecule has 0 atom stereocenters. The maximum Gasteiger partial charge on any atom is 0.136 e. The molecule has 0 saturated carbocycles. The first-order chi connectivity index (χ1) is 8.58. The summed E-state index contributed by atoms with van der Waals surface area (Å²) in [6.07, 6.45) is 1.72. The normalized spacial score (nSPS) is 10.3. The van der Waals surface area contributed by atoms with Crippen LogP contribution in [-0.2, 0) is 6.54 Å². The second kappa shape index (κ2) is 5.14. The molecule has 2 rings (SSSR count). The number of nitrogens with two attached hydrogens (primary N) is 1. The average molecular weight is 262 g/mol. The third kappa shape index (κ3) is 2.65. The molecule has 0 saturated heterocycles. The van der Waals surface area contributed by atoms with Crippen molar-refractivity contribution in [3.8, 4) is 0 Å². The molecule has 94 valence electrons. The van der Waals surface area contributed by atoms with Gasteiger partial charge >= 0.3 is 0 Å². The van der Waals surface area contributed by atoms with Crippen LogP contribution in [0.5, 0.6) is 0 Å². The van der Waals surface area contributed by atoms with E-state index in [1.165, 1.54) is 0 Å². The monoisotopic (exact) mass is 262 g/mol. The molecule has 0 fully saturated rings. The van der Waals surface area contributed by atoms with Crippen molar-refractivity contribution in [1.82, 2.24) is 10.1 Å². The predicted octanol–water partition coefficient (Wildman–Crippen LogP) is 1.93. The summed E-state index contributed by atoms with van der Waals surface area (Å²) in [6, 6.07) is 3.74. The molecule has 18 heavy (non-hydrogen) atoms. The number of pyridine rings is 1. The van der Waals surface area contributed by atoms with Crippen LogP contribution in [0.15, 0.2) is 22.9 Å². The Balaban J connectivity index is 2.19. The van der Waals surface area contributed by atoms with E-state index in [-0.39, 0.29) is 0 Å². The van der Waals surface area contributed by atoms with Crippen molar-refractivity contribution in [2.45, 2.75) is 20.4 Å². The van der Waals surface area contributed by atoms with E-state index < -0.39 is 0 Å². The van der Waals surface area contributed by atoms with Gasteiger partial charge in [-0.25, -0.2) is 4.98 Å². The summed E-state index contributed by atoms with van der Waals surface area (Å²) in [7, 11) is 0. The van der Waals surface area contributed by atoms with Gasteiger partial charge in [-0.1, -0.05) is 17.4 Å². The fourth-order valence-corrected chi connectivity index (χ4v) is 1.94. The molecule has 0 radical (unpaired) electrons. The summed E-state index contributed by atoms with van der Waals surface area (Å²) >= 11 is 5.04. The molecule has 0 aliphatic rings. The van der Waals surface area contributed by atoms with Crippen LogP contribution in [0.3, 0.4) is 0 Å². The molecular formula is C12H14N4OS. The number of nitrogens with one attached hydrogen (secondary N) is 1. The minimum absolute atomic E-state index is 0.333. The SMILES string of the molecule is Cc1cc(CNc2nccc(C)c2C(N)=S)no1. The Bertz CT molecular complexity index is 579. The average Bonchev–Trinajstić information content (AvgIpc) is 2.72. The lowest BCUT2D eigenvalue weighted by Gasteiger charge is -2.11. The van der Waals surface area contributed by atoms with E-state index in [9.17, 15) is 0 Å². The summed E-state index contributed by atoms with van der Waals surface area (Å²) in [5.41, 5.74) is 8.28. The maximum absolute atomic E-state index is 5.71. The largest absolute Gasteiger partial charge is 0.389 e. The highest BCUT2D eigenvalue weighted by atomic mass is 32.1. The Morgan fingerprint density at radius 1 is 1.50 bits per heavy atom. The second-order valence-electron chi connectivity index (χ2n) is 4.00. The van der Waals surface area contributed by atoms with Gasteiger partial charge in [0, 0.05) is 12.3 Å². The van der Waals surface area contributed by atoms with E-state index in [0.29, 0.717) is 17.4 Å². The van der Waals surface area contributed by atoms with E-state index in [0.717, 1.165) is 22.6 Å². The zero-order chi connectivity index (χ0) is 13.1. The molecular weight excluding hydrogens is 248 g/mol. The van der Waals surface area contributed by atoms with Gasteiger partial charge in [-0.2, -0.15) is 0 Å². The van der Waals surface area contributed by atoms with Crippen LogP contribution in [0.2, 0.25) is 0 Å². The summed E-state index contributed by atoms with van der Waals surface area (Å²) in [4.78, 5) is 4.58. The van der Waals surface area contributed by atoms with Crippen LogP contribution in [0.25, 0.3) is 0 Å². The van der Waals surface area contributed by atoms with Crippen molar-refractivity contribution >= 4 is 23.0 Å². The van der Waals surface area contributed by atoms with Crippen molar-refractivity contribution in [2.75, 3.05) is 5.32 Å². The number of nitrogens with zero attached hydrogens (tertiary/aromatic N) is 2. The minimum atomic E-state index is 0.333. The Morgan fingerprint density at radius 3 is 2.89 bits per heavy atom. The standard InChI is InChI=1S/C12H14N4OS/c1-7-3-4-14-12(10(7)11(13)18)15-6-9-5-8(2)17-16-9/h3-5H,6H2,1-2H3,(H2,13,18)(H,14,15). The highest BCUT2D eigenvalue weighted by Crippen LogP contribution is 2.17. The van der Waals surface area contributed by atoms with Gasteiger partial charge in [0.1, 0.15) is 22.3 Å². The van der Waals surface area contributed by atoms with Crippen LogP contribution in [0.4, 0.5) is 5.82 Å². The number of aryl methyl sites for hydroxylation is 2. The lowest BCUT2D eigenvalue weighted by Crippen LogP contribution is -2.16. The van der Waals surface area contributed by atoms with Gasteiger partial charge in [0.05, 0.1) is 12.1 Å². The van der Waals surface area contributed by atoms with E-state index in [1.54, 1.807) is 6.20 Å². The fourth-order valence-electron chi connectivity index (χ4n) is 1.68. The molecule has 2 aromatic heterocycles. The smallest absolute Gasteiger partial charge is 0.136 e. The van der Waals surface area contributed by atoms with Crippen LogP contribution >= 0.6 is 12.2 Å². The molecule has 0 bridgehead atoms. The first-order valence-corrected chi connectivity index (χ1v) is 5.90. The van der Waals surface area contributed by atoms with Gasteiger partial charge in [-0.3, -0.25) is 0 Å². The van der Waals surface area contributed by atoms with Gasteiger partial charge in [0.2, 0.25) is 0 Å². The third-order valence-electron chi connectivity index (χ3n) is 2.52. The van der Waals surface area contributed by atoms with Crippen molar-refractivity contribution in [3.63, 3.8) is 0 Å². The van der Waals surface area contributed by atoms with Crippen molar-refractivity contribution < 1.29 is 4.52 Å². The zero-order valence-corrected chi connectivity index (χ0v) is 11.0. The van der Waals surface area contributed by atoms with E-state index in [4.69, 9.17) is 22.5 Å². The van der Waals surface area contributed by atoms with Crippen LogP contribution in [0.1, 0.15) is 22.6 Å². The molecule has 2 aromatic rings. The van der Waals surface area contributed by atoms with Crippen molar-refractivity contribution in [2.24, 2.45) is 5.73 Å². The summed E-state index contributed by atoms with van der Waals surface area (Å²) in [5.74, 6) is 1.45. The van der Waals surface area contributed by atoms with Crippen molar-refractivity contribution in [1.29, 1.82) is 0 Å². The van der Waals surface area contributed by atoms with Crippen LogP contribution < -0.4 is 11.1 Å². The van der Waals surface area contributed by atoms with Crippen molar-refractivity contribution in [3.05, 3.63) is 40.9 Å². The topological polar surface area (TPSA) is 77.0 Å². The van der Waals surface area contributed by atoms with Crippen LogP contribution in [-0.4, -0.2) is 15.1 Å². The Hall–Kier alpha value is -1.95. The molecule has 0 aromatic carbocycles. The molecule has 5 nitrogen and oxygen atoms in total. The maximum atomic E-state index is 5.71. The molecule has 0 spiro atoms. The zero-order valence-electron chi connectivity index (χ0n) is 10.2. The summed E-state index contributed by atoms with van der Waals surface area (Å²) in [6.45, 7) is 4.31. The number of hydrogen-bond donors (Lipinski definition) is 2. The highest BCUT2D eigenvalue weighted by molar-refractivity contribution is 7.80. The van der Waals surface area contributed by atoms with Gasteiger partial charge in [-0.05, 0) is 25.5 Å². The second-order valence-corrected chi connectivity index (χ2v) is 4.44. The Morgan fingerprint density at radius 2 is 2.28 bits per heavy atom. The predicted molar refractivity (Wildman–Crippen MR) is 73.4 cm³/mol. The van der Waals surface area contributed by atoms with Crippen LogP contribution in [0, 0.1) is 13.8 Å². The number of hydrogen-bond acceptors (Lipinski definition) is 5. The number of aromatic nitrogens is 2. The van der Waals surface area contributed by atoms with Gasteiger partial charge in [0.15, 0.2) is 0 Å². The number of anilines is 1. The van der Waals surface area contributed by atoms with Gasteiger partial charge < -0.3 is 15.6 Å². The Labute approximate surface area is 110 Å². The van der Waals surface area contributed by atoms with E-state index in [2.05, 4.69) is 15.5 Å². The lowest BCUT2D eigenvalue weighted by atomic mass is 10.1. The number of thiocarbonyl (C=S) groups is 1. The molecule has 3 N–H and O–H groups in total. The van der Waals surface area contributed by atoms with Gasteiger partial charge in [0.25, 0.3) is 0 Å². The third-order valence-corrected chi connectivity index (χ3v) is 2.72. The van der Waals surface area contributed by atoms with E-state index >= 15 is 0 Å². The molecule has 6 heteroatoms. The number of rotatable bonds is 4. The quantitative estimate of drug-likeness (QED) is 0.820. The lowest BCUT2D eigenvalue weighted by molar-refractivity contribution is 0.391. The summed E-state index contributed by atoms with van der Waals surface area (Å²) in [5, 5.41) is 7.06. The first kappa shape index (κ1) is 12.5. The molecule has 0 amide bonds. The first-order valence-electron chi connectivity index (χ1n) is 5.49. The van der Waals surface area contributed by atoms with Gasteiger partial charge in [-0.15, -0.1) is 0 Å². The minimum Gasteiger partial charge on any atom is -0.389 e. The fraction of sp³-hybridized carbons (Fsp3) is 0.250. The molecule has 0 aliphatic carbocycles. The molecule has 0 unspecified atom stereocenters. The molecule has 2 heterocycles. The Kier molecular flexibility index (Phi) is 3.57. The molecule has 0 aliphatic heterocycles. The highest BCUT2D eigenvalue weighted by Gasteiger charge is 2.10.